The molecule has 0 N–H and O–H groups in total. The molecule has 98 valence electrons. The maximum absolute atomic E-state index is 4.56. The van der Waals surface area contributed by atoms with Crippen LogP contribution in [0.5, 0.6) is 0 Å². The standard InChI is InChI=1S/C13H22Br2N2/c1-6-10-12(15)11(17(5)16-10)7-13(4,8-14)9(2)3/h9H,6-8H2,1-5H3. The van der Waals surface area contributed by atoms with Crippen molar-refractivity contribution in [2.24, 2.45) is 18.4 Å². The molecule has 0 aliphatic rings. The van der Waals surface area contributed by atoms with Crippen molar-refractivity contribution in [3.63, 3.8) is 0 Å². The van der Waals surface area contributed by atoms with E-state index in [-0.39, 0.29) is 5.41 Å². The molecular weight excluding hydrogens is 344 g/mol. The Kier molecular flexibility index (Phi) is 5.26. The van der Waals surface area contributed by atoms with Crippen LogP contribution in [0, 0.1) is 11.3 Å². The molecule has 1 aromatic rings. The summed E-state index contributed by atoms with van der Waals surface area (Å²) in [6, 6.07) is 0. The van der Waals surface area contributed by atoms with E-state index in [0.29, 0.717) is 5.92 Å². The molecule has 1 rings (SSSR count). The van der Waals surface area contributed by atoms with Crippen LogP contribution >= 0.6 is 31.9 Å². The first kappa shape index (κ1) is 15.2. The van der Waals surface area contributed by atoms with Crippen molar-refractivity contribution in [1.29, 1.82) is 0 Å². The van der Waals surface area contributed by atoms with Gasteiger partial charge in [-0.2, -0.15) is 5.10 Å². The smallest absolute Gasteiger partial charge is 0.0766 e. The highest BCUT2D eigenvalue weighted by Gasteiger charge is 2.30. The number of halogens is 2. The average Bonchev–Trinajstić information content (AvgIpc) is 2.55. The molecule has 0 amide bonds. The number of rotatable bonds is 5. The molecule has 0 spiro atoms. The SMILES string of the molecule is CCc1nn(C)c(CC(C)(CBr)C(C)C)c1Br. The highest BCUT2D eigenvalue weighted by Crippen LogP contribution is 2.36. The van der Waals surface area contributed by atoms with E-state index in [0.717, 1.165) is 23.9 Å². The third-order valence-corrected chi connectivity index (χ3v) is 5.97. The normalized spacial score (nSPS) is 15.3. The molecule has 1 heterocycles. The molecule has 17 heavy (non-hydrogen) atoms. The van der Waals surface area contributed by atoms with E-state index in [1.807, 2.05) is 11.7 Å². The molecule has 0 fully saturated rings. The molecule has 4 heteroatoms. The number of nitrogens with zero attached hydrogens (tertiary/aromatic N) is 2. The van der Waals surface area contributed by atoms with Crippen LogP contribution in [0.3, 0.4) is 0 Å². The van der Waals surface area contributed by atoms with E-state index in [2.05, 4.69) is 64.7 Å². The van der Waals surface area contributed by atoms with E-state index >= 15 is 0 Å². The molecule has 0 aromatic carbocycles. The van der Waals surface area contributed by atoms with Crippen molar-refractivity contribution >= 4 is 31.9 Å². The van der Waals surface area contributed by atoms with Crippen LogP contribution in [0.25, 0.3) is 0 Å². The third kappa shape index (κ3) is 3.14. The lowest BCUT2D eigenvalue weighted by molar-refractivity contribution is 0.252. The minimum absolute atomic E-state index is 0.265. The van der Waals surface area contributed by atoms with Gasteiger partial charge in [-0.15, -0.1) is 0 Å². The Morgan fingerprint density at radius 1 is 1.41 bits per heavy atom. The largest absolute Gasteiger partial charge is 0.271 e. The van der Waals surface area contributed by atoms with E-state index in [1.54, 1.807) is 0 Å². The molecule has 0 radical (unpaired) electrons. The van der Waals surface area contributed by atoms with Gasteiger partial charge < -0.3 is 0 Å². The topological polar surface area (TPSA) is 17.8 Å². The van der Waals surface area contributed by atoms with Crippen LogP contribution in [-0.2, 0) is 19.9 Å². The van der Waals surface area contributed by atoms with Gasteiger partial charge in [-0.3, -0.25) is 4.68 Å². The number of hydrogen-bond acceptors (Lipinski definition) is 1. The molecule has 0 saturated heterocycles. The number of aryl methyl sites for hydroxylation is 2. The fraction of sp³-hybridized carbons (Fsp3) is 0.769. The molecule has 0 aliphatic carbocycles. The van der Waals surface area contributed by atoms with Crippen molar-refractivity contribution in [2.45, 2.75) is 40.5 Å². The number of aromatic nitrogens is 2. The lowest BCUT2D eigenvalue weighted by Gasteiger charge is -2.32. The molecule has 0 saturated carbocycles. The highest BCUT2D eigenvalue weighted by atomic mass is 79.9. The Labute approximate surface area is 121 Å². The van der Waals surface area contributed by atoms with Gasteiger partial charge in [0.1, 0.15) is 0 Å². The Balaban J connectivity index is 3.06. The zero-order valence-electron chi connectivity index (χ0n) is 11.3. The second-order valence-electron chi connectivity index (χ2n) is 5.30. The first-order valence-electron chi connectivity index (χ1n) is 6.12. The van der Waals surface area contributed by atoms with Gasteiger partial charge in [-0.25, -0.2) is 0 Å². The first-order valence-corrected chi connectivity index (χ1v) is 8.03. The average molecular weight is 366 g/mol. The van der Waals surface area contributed by atoms with Crippen molar-refractivity contribution < 1.29 is 0 Å². The van der Waals surface area contributed by atoms with Gasteiger partial charge in [0, 0.05) is 12.4 Å². The Morgan fingerprint density at radius 3 is 2.35 bits per heavy atom. The van der Waals surface area contributed by atoms with Gasteiger partial charge in [0.2, 0.25) is 0 Å². The summed E-state index contributed by atoms with van der Waals surface area (Å²) in [4.78, 5) is 0. The summed E-state index contributed by atoms with van der Waals surface area (Å²) in [5, 5.41) is 5.57. The van der Waals surface area contributed by atoms with Gasteiger partial charge in [0.15, 0.2) is 0 Å². The van der Waals surface area contributed by atoms with Crippen LogP contribution in [0.4, 0.5) is 0 Å². The fourth-order valence-electron chi connectivity index (χ4n) is 1.80. The summed E-state index contributed by atoms with van der Waals surface area (Å²) in [7, 11) is 2.04. The molecular formula is C13H22Br2N2. The molecule has 0 bridgehead atoms. The molecule has 1 unspecified atom stereocenters. The third-order valence-electron chi connectivity index (χ3n) is 3.77. The predicted octanol–water partition coefficient (Wildman–Crippen LogP) is 4.34. The highest BCUT2D eigenvalue weighted by molar-refractivity contribution is 9.10. The molecule has 2 nitrogen and oxygen atoms in total. The first-order chi connectivity index (χ1) is 7.85. The second-order valence-corrected chi connectivity index (χ2v) is 6.66. The van der Waals surface area contributed by atoms with Crippen LogP contribution in [-0.4, -0.2) is 15.1 Å². The summed E-state index contributed by atoms with van der Waals surface area (Å²) in [5.74, 6) is 0.633. The van der Waals surface area contributed by atoms with E-state index in [4.69, 9.17) is 0 Å². The lowest BCUT2D eigenvalue weighted by Crippen LogP contribution is -2.29. The van der Waals surface area contributed by atoms with E-state index in [1.165, 1.54) is 10.2 Å². The number of hydrogen-bond donors (Lipinski definition) is 0. The van der Waals surface area contributed by atoms with Gasteiger partial charge in [0.25, 0.3) is 0 Å². The van der Waals surface area contributed by atoms with Crippen molar-refractivity contribution in [3.05, 3.63) is 15.9 Å². The number of alkyl halides is 1. The monoisotopic (exact) mass is 364 g/mol. The summed E-state index contributed by atoms with van der Waals surface area (Å²) in [5.41, 5.74) is 2.72. The summed E-state index contributed by atoms with van der Waals surface area (Å²) in [6.07, 6.45) is 2.02. The Hall–Kier alpha value is 0.170. The fourth-order valence-corrected chi connectivity index (χ4v) is 3.40. The van der Waals surface area contributed by atoms with Crippen LogP contribution in [0.2, 0.25) is 0 Å². The van der Waals surface area contributed by atoms with Gasteiger partial charge in [0.05, 0.1) is 15.9 Å². The quantitative estimate of drug-likeness (QED) is 0.709. The Morgan fingerprint density at radius 2 is 2.00 bits per heavy atom. The summed E-state index contributed by atoms with van der Waals surface area (Å²) >= 11 is 7.35. The second kappa shape index (κ2) is 5.87. The minimum Gasteiger partial charge on any atom is -0.271 e. The predicted molar refractivity (Wildman–Crippen MR) is 80.7 cm³/mol. The lowest BCUT2D eigenvalue weighted by atomic mass is 9.77. The van der Waals surface area contributed by atoms with Crippen LogP contribution in [0.15, 0.2) is 4.47 Å². The van der Waals surface area contributed by atoms with Crippen molar-refractivity contribution in [2.75, 3.05) is 5.33 Å². The van der Waals surface area contributed by atoms with Gasteiger partial charge >= 0.3 is 0 Å². The minimum atomic E-state index is 0.265. The molecule has 0 aliphatic heterocycles. The maximum atomic E-state index is 4.56. The molecule has 1 aromatic heterocycles. The zero-order valence-corrected chi connectivity index (χ0v) is 14.5. The van der Waals surface area contributed by atoms with E-state index < -0.39 is 0 Å². The zero-order chi connectivity index (χ0) is 13.2. The summed E-state index contributed by atoms with van der Waals surface area (Å²) < 4.78 is 3.21. The molecule has 1 atom stereocenters. The van der Waals surface area contributed by atoms with Gasteiger partial charge in [-0.1, -0.05) is 43.6 Å². The van der Waals surface area contributed by atoms with Crippen molar-refractivity contribution in [3.8, 4) is 0 Å². The maximum Gasteiger partial charge on any atom is 0.0766 e. The van der Waals surface area contributed by atoms with Crippen LogP contribution in [0.1, 0.15) is 39.1 Å². The van der Waals surface area contributed by atoms with E-state index in [9.17, 15) is 0 Å². The Bertz CT molecular complexity index is 385. The van der Waals surface area contributed by atoms with Gasteiger partial charge in [-0.05, 0) is 40.1 Å². The van der Waals surface area contributed by atoms with Crippen molar-refractivity contribution in [1.82, 2.24) is 9.78 Å². The van der Waals surface area contributed by atoms with Crippen LogP contribution < -0.4 is 0 Å². The summed E-state index contributed by atoms with van der Waals surface area (Å²) in [6.45, 7) is 9.04.